The van der Waals surface area contributed by atoms with Gasteiger partial charge in [0.25, 0.3) is 0 Å². The zero-order chi connectivity index (χ0) is 14.5. The molecule has 0 saturated heterocycles. The van der Waals surface area contributed by atoms with Crippen molar-refractivity contribution in [1.29, 1.82) is 0 Å². The van der Waals surface area contributed by atoms with E-state index in [9.17, 15) is 4.39 Å². The van der Waals surface area contributed by atoms with Crippen molar-refractivity contribution in [2.24, 2.45) is 5.73 Å². The van der Waals surface area contributed by atoms with Crippen LogP contribution >= 0.6 is 11.3 Å². The molecule has 20 heavy (non-hydrogen) atoms. The van der Waals surface area contributed by atoms with Gasteiger partial charge in [0.1, 0.15) is 5.82 Å². The molecular formula is C16H21FN2S. The summed E-state index contributed by atoms with van der Waals surface area (Å²) < 4.78 is 13.4. The van der Waals surface area contributed by atoms with Gasteiger partial charge in [-0.1, -0.05) is 12.1 Å². The molecule has 2 nitrogen and oxygen atoms in total. The van der Waals surface area contributed by atoms with Crippen molar-refractivity contribution in [2.75, 3.05) is 7.05 Å². The van der Waals surface area contributed by atoms with Gasteiger partial charge in [0.05, 0.1) is 0 Å². The number of likely N-dealkylation sites (N-methyl/N-ethyl adjacent to an activating group) is 1. The largest absolute Gasteiger partial charge is 0.326 e. The van der Waals surface area contributed by atoms with Crippen molar-refractivity contribution in [3.63, 3.8) is 0 Å². The maximum Gasteiger partial charge on any atom is 0.123 e. The Balaban J connectivity index is 2.03. The van der Waals surface area contributed by atoms with Crippen LogP contribution in [0.4, 0.5) is 4.39 Å². The molecule has 1 unspecified atom stereocenters. The summed E-state index contributed by atoms with van der Waals surface area (Å²) in [6, 6.07) is 9.48. The minimum absolute atomic E-state index is 0.198. The Bertz CT molecular complexity index is 539. The van der Waals surface area contributed by atoms with Crippen molar-refractivity contribution in [2.45, 2.75) is 32.5 Å². The lowest BCUT2D eigenvalue weighted by Gasteiger charge is -2.25. The van der Waals surface area contributed by atoms with Gasteiger partial charge in [-0.15, -0.1) is 11.3 Å². The minimum atomic E-state index is -0.198. The average Bonchev–Trinajstić information content (AvgIpc) is 2.91. The quantitative estimate of drug-likeness (QED) is 0.884. The first kappa shape index (κ1) is 15.2. The molecule has 1 atom stereocenters. The number of thiophene rings is 1. The molecule has 2 aromatic rings. The molecule has 108 valence electrons. The van der Waals surface area contributed by atoms with Gasteiger partial charge in [-0.25, -0.2) is 4.39 Å². The van der Waals surface area contributed by atoms with Crippen LogP contribution in [-0.2, 0) is 19.5 Å². The standard InChI is InChI=1S/C16H21FN2S/c1-12(8-16-4-3-7-20-16)19(2)11-14-9-15(17)6-5-13(14)10-18/h3-7,9,12H,8,10-11,18H2,1-2H3. The molecule has 0 amide bonds. The second-order valence-electron chi connectivity index (χ2n) is 5.16. The average molecular weight is 292 g/mol. The molecule has 1 heterocycles. The predicted molar refractivity (Wildman–Crippen MR) is 83.2 cm³/mol. The van der Waals surface area contributed by atoms with Gasteiger partial charge in [-0.3, -0.25) is 4.90 Å². The van der Waals surface area contributed by atoms with E-state index in [2.05, 4.69) is 36.4 Å². The van der Waals surface area contributed by atoms with E-state index in [1.165, 1.54) is 10.9 Å². The smallest absolute Gasteiger partial charge is 0.123 e. The van der Waals surface area contributed by atoms with E-state index in [4.69, 9.17) is 5.73 Å². The number of nitrogens with zero attached hydrogens (tertiary/aromatic N) is 1. The summed E-state index contributed by atoms with van der Waals surface area (Å²) >= 11 is 1.78. The lowest BCUT2D eigenvalue weighted by atomic mass is 10.1. The highest BCUT2D eigenvalue weighted by Gasteiger charge is 2.13. The Kier molecular flexibility index (Phi) is 5.29. The zero-order valence-corrected chi connectivity index (χ0v) is 12.8. The number of rotatable bonds is 6. The van der Waals surface area contributed by atoms with Crippen LogP contribution in [0.15, 0.2) is 35.7 Å². The second kappa shape index (κ2) is 6.97. The topological polar surface area (TPSA) is 29.3 Å². The molecule has 0 radical (unpaired) electrons. The lowest BCUT2D eigenvalue weighted by Crippen LogP contribution is -2.30. The summed E-state index contributed by atoms with van der Waals surface area (Å²) in [5.41, 5.74) is 7.72. The van der Waals surface area contributed by atoms with Crippen molar-refractivity contribution in [1.82, 2.24) is 4.90 Å². The van der Waals surface area contributed by atoms with E-state index >= 15 is 0 Å². The minimum Gasteiger partial charge on any atom is -0.326 e. The van der Waals surface area contributed by atoms with Crippen molar-refractivity contribution >= 4 is 11.3 Å². The zero-order valence-electron chi connectivity index (χ0n) is 12.0. The molecule has 0 saturated carbocycles. The maximum atomic E-state index is 13.4. The predicted octanol–water partition coefficient (Wildman–Crippen LogP) is 3.41. The molecule has 0 aliphatic rings. The first-order valence-electron chi connectivity index (χ1n) is 6.80. The van der Waals surface area contributed by atoms with Gasteiger partial charge in [-0.2, -0.15) is 0 Å². The Labute approximate surface area is 124 Å². The fourth-order valence-corrected chi connectivity index (χ4v) is 3.07. The van der Waals surface area contributed by atoms with E-state index in [-0.39, 0.29) is 5.82 Å². The molecule has 0 aliphatic heterocycles. The van der Waals surface area contributed by atoms with Crippen LogP contribution in [0.1, 0.15) is 22.9 Å². The summed E-state index contributed by atoms with van der Waals surface area (Å²) in [6.07, 6.45) is 1.02. The number of nitrogens with two attached hydrogens (primary N) is 1. The third-order valence-electron chi connectivity index (χ3n) is 3.64. The van der Waals surface area contributed by atoms with E-state index in [1.54, 1.807) is 23.5 Å². The first-order chi connectivity index (χ1) is 9.60. The van der Waals surface area contributed by atoms with E-state index in [1.807, 2.05) is 0 Å². The van der Waals surface area contributed by atoms with Crippen LogP contribution in [0.25, 0.3) is 0 Å². The summed E-state index contributed by atoms with van der Waals surface area (Å²) in [5, 5.41) is 2.10. The number of halogens is 1. The first-order valence-corrected chi connectivity index (χ1v) is 7.68. The van der Waals surface area contributed by atoms with Gasteiger partial charge in [0.15, 0.2) is 0 Å². The fourth-order valence-electron chi connectivity index (χ4n) is 2.24. The van der Waals surface area contributed by atoms with Gasteiger partial charge in [0, 0.05) is 24.0 Å². The van der Waals surface area contributed by atoms with E-state index in [0.717, 1.165) is 24.1 Å². The van der Waals surface area contributed by atoms with Crippen LogP contribution in [0.5, 0.6) is 0 Å². The van der Waals surface area contributed by atoms with Gasteiger partial charge < -0.3 is 5.73 Å². The van der Waals surface area contributed by atoms with E-state index in [0.29, 0.717) is 12.6 Å². The fraction of sp³-hybridized carbons (Fsp3) is 0.375. The third-order valence-corrected chi connectivity index (χ3v) is 4.54. The maximum absolute atomic E-state index is 13.4. The van der Waals surface area contributed by atoms with Crippen LogP contribution in [0.3, 0.4) is 0 Å². The second-order valence-corrected chi connectivity index (χ2v) is 6.20. The molecule has 2 N–H and O–H groups in total. The van der Waals surface area contributed by atoms with Crippen molar-refractivity contribution < 1.29 is 4.39 Å². The molecule has 0 spiro atoms. The number of hydrogen-bond acceptors (Lipinski definition) is 3. The highest BCUT2D eigenvalue weighted by atomic mass is 32.1. The molecule has 0 fully saturated rings. The molecular weight excluding hydrogens is 271 g/mol. The Morgan fingerprint density at radius 2 is 2.10 bits per heavy atom. The van der Waals surface area contributed by atoms with Crippen LogP contribution < -0.4 is 5.73 Å². The third kappa shape index (κ3) is 3.88. The van der Waals surface area contributed by atoms with Crippen LogP contribution in [0.2, 0.25) is 0 Å². The summed E-state index contributed by atoms with van der Waals surface area (Å²) in [6.45, 7) is 3.36. The van der Waals surface area contributed by atoms with Crippen molar-refractivity contribution in [3.8, 4) is 0 Å². The Hall–Kier alpha value is -1.23. The monoisotopic (exact) mass is 292 g/mol. The van der Waals surface area contributed by atoms with Gasteiger partial charge in [0.2, 0.25) is 0 Å². The highest BCUT2D eigenvalue weighted by molar-refractivity contribution is 7.09. The van der Waals surface area contributed by atoms with Crippen LogP contribution in [-0.4, -0.2) is 18.0 Å². The van der Waals surface area contributed by atoms with Gasteiger partial charge >= 0.3 is 0 Å². The molecule has 0 aliphatic carbocycles. The molecule has 4 heteroatoms. The number of hydrogen-bond donors (Lipinski definition) is 1. The highest BCUT2D eigenvalue weighted by Crippen LogP contribution is 2.17. The molecule has 1 aromatic heterocycles. The normalized spacial score (nSPS) is 12.8. The summed E-state index contributed by atoms with van der Waals surface area (Å²) in [5.74, 6) is -0.198. The molecule has 1 aromatic carbocycles. The lowest BCUT2D eigenvalue weighted by molar-refractivity contribution is 0.248. The Morgan fingerprint density at radius 3 is 2.75 bits per heavy atom. The van der Waals surface area contributed by atoms with E-state index < -0.39 is 0 Å². The molecule has 0 bridgehead atoms. The summed E-state index contributed by atoms with van der Waals surface area (Å²) in [7, 11) is 2.07. The van der Waals surface area contributed by atoms with Gasteiger partial charge in [-0.05, 0) is 55.1 Å². The van der Waals surface area contributed by atoms with Crippen LogP contribution in [0, 0.1) is 5.82 Å². The summed E-state index contributed by atoms with van der Waals surface area (Å²) in [4.78, 5) is 3.62. The Morgan fingerprint density at radius 1 is 1.30 bits per heavy atom. The molecule has 2 rings (SSSR count). The van der Waals surface area contributed by atoms with Crippen molar-refractivity contribution in [3.05, 3.63) is 57.5 Å². The number of benzene rings is 1. The SMILES string of the molecule is CC(Cc1cccs1)N(C)Cc1cc(F)ccc1CN.